The predicted octanol–water partition coefficient (Wildman–Crippen LogP) is 0.278. The first-order valence-electron chi connectivity index (χ1n) is 5.49. The van der Waals surface area contributed by atoms with Gasteiger partial charge in [0.1, 0.15) is 5.75 Å². The number of aliphatic hydroxyl groups excluding tert-OH is 1. The number of anilines is 1. The second kappa shape index (κ2) is 3.72. The molecule has 2 aliphatic heterocycles. The van der Waals surface area contributed by atoms with Crippen LogP contribution in [0.15, 0.2) is 18.2 Å². The zero-order valence-electron chi connectivity index (χ0n) is 9.23. The van der Waals surface area contributed by atoms with Crippen molar-refractivity contribution in [3.63, 3.8) is 0 Å². The van der Waals surface area contributed by atoms with Crippen LogP contribution in [0.25, 0.3) is 0 Å². The molecule has 1 fully saturated rings. The normalized spacial score (nSPS) is 20.9. The van der Waals surface area contributed by atoms with Crippen molar-refractivity contribution < 1.29 is 19.4 Å². The number of hydrogen-bond acceptors (Lipinski definition) is 4. The maximum Gasteiger partial charge on any atom is 0.262 e. The quantitative estimate of drug-likeness (QED) is 0.772. The summed E-state index contributed by atoms with van der Waals surface area (Å²) in [6, 6.07) is 5.58. The zero-order chi connectivity index (χ0) is 11.9. The predicted molar refractivity (Wildman–Crippen MR) is 60.1 cm³/mol. The Balaban J connectivity index is 1.97. The van der Waals surface area contributed by atoms with Crippen LogP contribution in [0.2, 0.25) is 0 Å². The van der Waals surface area contributed by atoms with Crippen LogP contribution in [0.4, 0.5) is 5.69 Å². The minimum absolute atomic E-state index is 0.0423. The van der Waals surface area contributed by atoms with Crippen LogP contribution >= 0.6 is 0 Å². The number of nitrogens with one attached hydrogen (secondary N) is 1. The summed E-state index contributed by atoms with van der Waals surface area (Å²) in [6.07, 6.45) is 0. The molecule has 0 unspecified atom stereocenters. The number of hydrogen-bond donors (Lipinski definition) is 2. The lowest BCUT2D eigenvalue weighted by molar-refractivity contribution is -0.118. The molecule has 2 heterocycles. The first-order chi connectivity index (χ1) is 8.23. The van der Waals surface area contributed by atoms with Gasteiger partial charge in [-0.15, -0.1) is 0 Å². The Morgan fingerprint density at radius 3 is 2.88 bits per heavy atom. The van der Waals surface area contributed by atoms with E-state index in [0.717, 1.165) is 5.56 Å². The summed E-state index contributed by atoms with van der Waals surface area (Å²) in [4.78, 5) is 11.2. The van der Waals surface area contributed by atoms with Gasteiger partial charge in [-0.3, -0.25) is 4.79 Å². The number of carbonyl (C=O) groups excluding carboxylic acids is 1. The van der Waals surface area contributed by atoms with Crippen molar-refractivity contribution in [3.05, 3.63) is 23.8 Å². The number of carbonyl (C=O) groups is 1. The number of ether oxygens (including phenoxy) is 2. The fraction of sp³-hybridized carbons (Fsp3) is 0.417. The molecule has 2 aliphatic rings. The van der Waals surface area contributed by atoms with Crippen LogP contribution < -0.4 is 10.1 Å². The Hall–Kier alpha value is -1.59. The smallest absolute Gasteiger partial charge is 0.262 e. The molecule has 0 bridgehead atoms. The van der Waals surface area contributed by atoms with Gasteiger partial charge >= 0.3 is 0 Å². The average molecular weight is 235 g/mol. The van der Waals surface area contributed by atoms with Crippen molar-refractivity contribution in [2.75, 3.05) is 31.7 Å². The van der Waals surface area contributed by atoms with Crippen LogP contribution in [-0.4, -0.2) is 37.4 Å². The topological polar surface area (TPSA) is 67.8 Å². The molecule has 1 aromatic rings. The van der Waals surface area contributed by atoms with Crippen molar-refractivity contribution in [2.24, 2.45) is 0 Å². The van der Waals surface area contributed by atoms with Gasteiger partial charge in [0.2, 0.25) is 0 Å². The van der Waals surface area contributed by atoms with Gasteiger partial charge in [0.05, 0.1) is 30.9 Å². The van der Waals surface area contributed by atoms with Gasteiger partial charge in [-0.2, -0.15) is 0 Å². The number of aliphatic hydroxyl groups is 1. The maximum absolute atomic E-state index is 11.2. The summed E-state index contributed by atoms with van der Waals surface area (Å²) >= 11 is 0. The van der Waals surface area contributed by atoms with E-state index >= 15 is 0 Å². The molecule has 0 spiro atoms. The standard InChI is InChI=1S/C12H13NO4/c14-5-12(6-16-7-12)8-1-2-10-9(3-8)13-11(15)4-17-10/h1-3,14H,4-7H2,(H,13,15). The summed E-state index contributed by atoms with van der Waals surface area (Å²) in [5, 5.41) is 12.2. The Labute approximate surface area is 98.3 Å². The highest BCUT2D eigenvalue weighted by molar-refractivity contribution is 5.95. The molecule has 90 valence electrons. The van der Waals surface area contributed by atoms with E-state index < -0.39 is 0 Å². The highest BCUT2D eigenvalue weighted by atomic mass is 16.5. The van der Waals surface area contributed by atoms with Gasteiger partial charge in [0.15, 0.2) is 6.61 Å². The fourth-order valence-corrected chi connectivity index (χ4v) is 2.11. The third-order valence-electron chi connectivity index (χ3n) is 3.28. The molecule has 0 atom stereocenters. The molecule has 1 amide bonds. The van der Waals surface area contributed by atoms with Gasteiger partial charge < -0.3 is 19.9 Å². The lowest BCUT2D eigenvalue weighted by Crippen LogP contribution is -2.49. The van der Waals surface area contributed by atoms with Crippen LogP contribution in [0, 0.1) is 0 Å². The minimum atomic E-state index is -0.322. The summed E-state index contributed by atoms with van der Waals surface area (Å²) in [7, 11) is 0. The Morgan fingerprint density at radius 2 is 2.24 bits per heavy atom. The van der Waals surface area contributed by atoms with Crippen LogP contribution in [0.3, 0.4) is 0 Å². The molecule has 0 radical (unpaired) electrons. The molecule has 2 N–H and O–H groups in total. The highest BCUT2D eigenvalue weighted by Gasteiger charge is 2.40. The average Bonchev–Trinajstić information content (AvgIpc) is 2.28. The summed E-state index contributed by atoms with van der Waals surface area (Å²) in [6.45, 7) is 1.12. The number of fused-ring (bicyclic) bond motifs is 1. The molecule has 1 saturated heterocycles. The second-order valence-corrected chi connectivity index (χ2v) is 4.48. The van der Waals surface area contributed by atoms with E-state index in [1.165, 1.54) is 0 Å². The molecule has 5 heteroatoms. The largest absolute Gasteiger partial charge is 0.482 e. The van der Waals surface area contributed by atoms with Gasteiger partial charge in [-0.05, 0) is 17.7 Å². The van der Waals surface area contributed by atoms with E-state index in [1.54, 1.807) is 0 Å². The Bertz CT molecular complexity index is 462. The van der Waals surface area contributed by atoms with E-state index in [1.807, 2.05) is 18.2 Å². The SMILES string of the molecule is O=C1COc2ccc(C3(CO)COC3)cc2N1. The Morgan fingerprint density at radius 1 is 1.41 bits per heavy atom. The van der Waals surface area contributed by atoms with Gasteiger partial charge in [-0.25, -0.2) is 0 Å². The lowest BCUT2D eigenvalue weighted by atomic mass is 9.79. The van der Waals surface area contributed by atoms with Crippen molar-refractivity contribution >= 4 is 11.6 Å². The third-order valence-corrected chi connectivity index (χ3v) is 3.28. The molecule has 0 saturated carbocycles. The first kappa shape index (κ1) is 10.6. The monoisotopic (exact) mass is 235 g/mol. The van der Waals surface area contributed by atoms with Crippen LogP contribution in [0.5, 0.6) is 5.75 Å². The third kappa shape index (κ3) is 1.59. The van der Waals surface area contributed by atoms with Crippen molar-refractivity contribution in [2.45, 2.75) is 5.41 Å². The minimum Gasteiger partial charge on any atom is -0.482 e. The maximum atomic E-state index is 11.2. The van der Waals surface area contributed by atoms with Crippen LogP contribution in [-0.2, 0) is 14.9 Å². The van der Waals surface area contributed by atoms with E-state index in [0.29, 0.717) is 24.7 Å². The van der Waals surface area contributed by atoms with E-state index in [9.17, 15) is 9.90 Å². The van der Waals surface area contributed by atoms with Crippen molar-refractivity contribution in [1.82, 2.24) is 0 Å². The lowest BCUT2D eigenvalue weighted by Gasteiger charge is -2.40. The first-order valence-corrected chi connectivity index (χ1v) is 5.49. The number of amides is 1. The van der Waals surface area contributed by atoms with Gasteiger partial charge in [0, 0.05) is 0 Å². The van der Waals surface area contributed by atoms with E-state index in [4.69, 9.17) is 9.47 Å². The summed E-state index contributed by atoms with van der Waals surface area (Å²) in [5.41, 5.74) is 1.31. The summed E-state index contributed by atoms with van der Waals surface area (Å²) < 4.78 is 10.5. The number of rotatable bonds is 2. The summed E-state index contributed by atoms with van der Waals surface area (Å²) in [5.74, 6) is 0.513. The second-order valence-electron chi connectivity index (χ2n) is 4.48. The molecule has 17 heavy (non-hydrogen) atoms. The molecule has 1 aromatic carbocycles. The van der Waals surface area contributed by atoms with Crippen molar-refractivity contribution in [3.8, 4) is 5.75 Å². The molecule has 3 rings (SSSR count). The highest BCUT2D eigenvalue weighted by Crippen LogP contribution is 2.37. The molecule has 5 nitrogen and oxygen atoms in total. The molecule has 0 aliphatic carbocycles. The van der Waals surface area contributed by atoms with Crippen LogP contribution in [0.1, 0.15) is 5.56 Å². The fourth-order valence-electron chi connectivity index (χ4n) is 2.11. The zero-order valence-corrected chi connectivity index (χ0v) is 9.23. The van der Waals surface area contributed by atoms with Crippen molar-refractivity contribution in [1.29, 1.82) is 0 Å². The van der Waals surface area contributed by atoms with E-state index in [2.05, 4.69) is 5.32 Å². The molecular formula is C12H13NO4. The van der Waals surface area contributed by atoms with Gasteiger partial charge in [0.25, 0.3) is 5.91 Å². The molecule has 0 aromatic heterocycles. The molecular weight excluding hydrogens is 222 g/mol. The Kier molecular flexibility index (Phi) is 2.31. The van der Waals surface area contributed by atoms with Gasteiger partial charge in [-0.1, -0.05) is 6.07 Å². The number of benzene rings is 1. The van der Waals surface area contributed by atoms with E-state index in [-0.39, 0.29) is 24.5 Å².